The summed E-state index contributed by atoms with van der Waals surface area (Å²) in [7, 11) is 0. The second kappa shape index (κ2) is 6.05. The summed E-state index contributed by atoms with van der Waals surface area (Å²) in [5, 5.41) is 11.5. The second-order valence-electron chi connectivity index (χ2n) is 4.60. The number of fused-ring (bicyclic) bond motifs is 1. The van der Waals surface area contributed by atoms with E-state index in [1.807, 2.05) is 0 Å². The molecule has 2 aromatic carbocycles. The highest BCUT2D eigenvalue weighted by atomic mass is 79.9. The molecule has 1 N–H and O–H groups in total. The molecule has 1 aliphatic heterocycles. The number of hydrogen-bond donors (Lipinski definition) is 1. The van der Waals surface area contributed by atoms with E-state index in [2.05, 4.69) is 15.9 Å². The average Bonchev–Trinajstić information content (AvgIpc) is 2.49. The first-order valence-electron chi connectivity index (χ1n) is 6.28. The Kier molecular flexibility index (Phi) is 4.31. The van der Waals surface area contributed by atoms with Gasteiger partial charge in [-0.05, 0) is 51.8 Å². The van der Waals surface area contributed by atoms with Gasteiger partial charge in [0.15, 0.2) is 11.5 Å². The molecule has 0 saturated carbocycles. The lowest BCUT2D eigenvalue weighted by Gasteiger charge is -2.22. The fraction of sp³-hybridized carbons (Fsp3) is 0.200. The maximum Gasteiger partial charge on any atom is 0.175 e. The molecule has 0 bridgehead atoms. The third kappa shape index (κ3) is 2.99. The minimum atomic E-state index is -0.900. The van der Waals surface area contributed by atoms with Gasteiger partial charge in [0.2, 0.25) is 0 Å². The van der Waals surface area contributed by atoms with Gasteiger partial charge in [-0.3, -0.25) is 0 Å². The Labute approximate surface area is 140 Å². The summed E-state index contributed by atoms with van der Waals surface area (Å²) in [6, 6.07) is 8.53. The Balaban J connectivity index is 2.03. The molecule has 0 saturated heterocycles. The molecule has 0 fully saturated rings. The summed E-state index contributed by atoms with van der Waals surface area (Å²) in [5.41, 5.74) is 1.20. The highest BCUT2D eigenvalue weighted by Gasteiger charge is 2.21. The lowest BCUT2D eigenvalue weighted by Crippen LogP contribution is -2.16. The van der Waals surface area contributed by atoms with Crippen LogP contribution in [0.2, 0.25) is 10.0 Å². The molecule has 1 heterocycles. The van der Waals surface area contributed by atoms with Crippen LogP contribution in [-0.2, 0) is 0 Å². The van der Waals surface area contributed by atoms with Crippen molar-refractivity contribution in [2.24, 2.45) is 0 Å². The summed E-state index contributed by atoms with van der Waals surface area (Å²) in [4.78, 5) is 0. The van der Waals surface area contributed by atoms with E-state index in [4.69, 9.17) is 32.7 Å². The molecule has 0 aliphatic carbocycles. The molecule has 3 nitrogen and oxygen atoms in total. The summed E-state index contributed by atoms with van der Waals surface area (Å²) in [6.07, 6.45) is -0.900. The van der Waals surface area contributed by atoms with Crippen LogP contribution < -0.4 is 9.47 Å². The molecule has 1 atom stereocenters. The SMILES string of the molecule is OC(c1cc(Br)c2c(c1)OCCO2)c1cc(Cl)ccc1Cl. The van der Waals surface area contributed by atoms with Gasteiger partial charge in [0.25, 0.3) is 0 Å². The quantitative estimate of drug-likeness (QED) is 0.815. The summed E-state index contributed by atoms with van der Waals surface area (Å²) in [5.74, 6) is 1.25. The van der Waals surface area contributed by atoms with Gasteiger partial charge in [0, 0.05) is 15.6 Å². The summed E-state index contributed by atoms with van der Waals surface area (Å²) in [6.45, 7) is 0.991. The Morgan fingerprint density at radius 2 is 1.86 bits per heavy atom. The van der Waals surface area contributed by atoms with Gasteiger partial charge < -0.3 is 14.6 Å². The predicted molar refractivity (Wildman–Crippen MR) is 85.7 cm³/mol. The van der Waals surface area contributed by atoms with E-state index in [0.717, 1.165) is 4.47 Å². The number of aliphatic hydroxyl groups excluding tert-OH is 1. The first-order chi connectivity index (χ1) is 10.1. The topological polar surface area (TPSA) is 38.7 Å². The van der Waals surface area contributed by atoms with Crippen LogP contribution in [0.3, 0.4) is 0 Å². The van der Waals surface area contributed by atoms with Gasteiger partial charge in [-0.15, -0.1) is 0 Å². The van der Waals surface area contributed by atoms with Crippen LogP contribution in [0.5, 0.6) is 11.5 Å². The van der Waals surface area contributed by atoms with Gasteiger partial charge in [-0.2, -0.15) is 0 Å². The second-order valence-corrected chi connectivity index (χ2v) is 6.29. The van der Waals surface area contributed by atoms with Crippen molar-refractivity contribution in [3.63, 3.8) is 0 Å². The zero-order valence-electron chi connectivity index (χ0n) is 10.8. The van der Waals surface area contributed by atoms with Gasteiger partial charge in [0.1, 0.15) is 19.3 Å². The number of aliphatic hydroxyl groups is 1. The Bertz CT molecular complexity index is 691. The van der Waals surface area contributed by atoms with E-state index in [0.29, 0.717) is 45.9 Å². The van der Waals surface area contributed by atoms with Crippen molar-refractivity contribution < 1.29 is 14.6 Å². The zero-order valence-corrected chi connectivity index (χ0v) is 13.9. The maximum absolute atomic E-state index is 10.6. The molecular weight excluding hydrogens is 379 g/mol. The Morgan fingerprint density at radius 1 is 1.10 bits per heavy atom. The number of ether oxygens (including phenoxy) is 2. The molecule has 6 heteroatoms. The van der Waals surface area contributed by atoms with Crippen LogP contribution in [-0.4, -0.2) is 18.3 Å². The third-order valence-corrected chi connectivity index (χ3v) is 4.36. The highest BCUT2D eigenvalue weighted by Crippen LogP contribution is 2.41. The molecule has 1 unspecified atom stereocenters. The van der Waals surface area contributed by atoms with Crippen LogP contribution in [0.4, 0.5) is 0 Å². The minimum Gasteiger partial charge on any atom is -0.486 e. The molecule has 0 spiro atoms. The van der Waals surface area contributed by atoms with Crippen molar-refractivity contribution in [3.8, 4) is 11.5 Å². The fourth-order valence-corrected chi connectivity index (χ4v) is 3.17. The van der Waals surface area contributed by atoms with Crippen molar-refractivity contribution in [2.45, 2.75) is 6.10 Å². The largest absolute Gasteiger partial charge is 0.486 e. The molecule has 0 amide bonds. The van der Waals surface area contributed by atoms with E-state index in [9.17, 15) is 5.11 Å². The molecule has 0 radical (unpaired) electrons. The summed E-state index contributed by atoms with van der Waals surface area (Å²) >= 11 is 15.5. The van der Waals surface area contributed by atoms with Crippen LogP contribution in [0.1, 0.15) is 17.2 Å². The van der Waals surface area contributed by atoms with Crippen LogP contribution in [0.25, 0.3) is 0 Å². The molecular formula is C15H11BrCl2O3. The van der Waals surface area contributed by atoms with Crippen molar-refractivity contribution in [1.29, 1.82) is 0 Å². The van der Waals surface area contributed by atoms with E-state index >= 15 is 0 Å². The molecule has 0 aromatic heterocycles. The monoisotopic (exact) mass is 388 g/mol. The molecule has 3 rings (SSSR count). The Hall–Kier alpha value is -0.940. The van der Waals surface area contributed by atoms with Crippen molar-refractivity contribution in [3.05, 3.63) is 56.0 Å². The molecule has 110 valence electrons. The average molecular weight is 390 g/mol. The first kappa shape index (κ1) is 15.0. The van der Waals surface area contributed by atoms with E-state index < -0.39 is 6.10 Å². The van der Waals surface area contributed by atoms with Crippen LogP contribution in [0.15, 0.2) is 34.8 Å². The lowest BCUT2D eigenvalue weighted by molar-refractivity contribution is 0.168. The molecule has 21 heavy (non-hydrogen) atoms. The summed E-state index contributed by atoms with van der Waals surface area (Å²) < 4.78 is 11.8. The van der Waals surface area contributed by atoms with Gasteiger partial charge in [-0.25, -0.2) is 0 Å². The van der Waals surface area contributed by atoms with Crippen LogP contribution in [0, 0.1) is 0 Å². The van der Waals surface area contributed by atoms with E-state index in [-0.39, 0.29) is 0 Å². The third-order valence-electron chi connectivity index (χ3n) is 3.19. The van der Waals surface area contributed by atoms with Crippen molar-refractivity contribution >= 4 is 39.1 Å². The lowest BCUT2D eigenvalue weighted by atomic mass is 10.0. The Morgan fingerprint density at radius 3 is 2.67 bits per heavy atom. The van der Waals surface area contributed by atoms with Crippen LogP contribution >= 0.6 is 39.1 Å². The zero-order chi connectivity index (χ0) is 15.0. The standard InChI is InChI=1S/C15H11BrCl2O3/c16-11-5-8(6-13-15(11)21-4-3-20-13)14(19)10-7-9(17)1-2-12(10)18/h1-2,5-7,14,19H,3-4H2. The number of benzene rings is 2. The van der Waals surface area contributed by atoms with Gasteiger partial charge >= 0.3 is 0 Å². The highest BCUT2D eigenvalue weighted by molar-refractivity contribution is 9.10. The van der Waals surface area contributed by atoms with Gasteiger partial charge in [-0.1, -0.05) is 23.2 Å². The van der Waals surface area contributed by atoms with E-state index in [1.54, 1.807) is 30.3 Å². The van der Waals surface area contributed by atoms with Crippen molar-refractivity contribution in [2.75, 3.05) is 13.2 Å². The fourth-order valence-electron chi connectivity index (χ4n) is 2.19. The number of halogens is 3. The van der Waals surface area contributed by atoms with Gasteiger partial charge in [0.05, 0.1) is 4.47 Å². The van der Waals surface area contributed by atoms with Crippen molar-refractivity contribution in [1.82, 2.24) is 0 Å². The maximum atomic E-state index is 10.6. The minimum absolute atomic E-state index is 0.456. The van der Waals surface area contributed by atoms with E-state index in [1.165, 1.54) is 0 Å². The number of rotatable bonds is 2. The normalized spacial score (nSPS) is 14.9. The smallest absolute Gasteiger partial charge is 0.175 e. The molecule has 2 aromatic rings. The predicted octanol–water partition coefficient (Wildman–Crippen LogP) is 4.61. The molecule has 1 aliphatic rings. The number of hydrogen-bond acceptors (Lipinski definition) is 3. The first-order valence-corrected chi connectivity index (χ1v) is 7.83.